The van der Waals surface area contributed by atoms with Crippen molar-refractivity contribution < 1.29 is 23.7 Å². The van der Waals surface area contributed by atoms with Crippen LogP contribution in [0.25, 0.3) is 22.8 Å². The minimum atomic E-state index is 0.410. The molecule has 8 nitrogen and oxygen atoms in total. The lowest BCUT2D eigenvalue weighted by Crippen LogP contribution is -2.13. The van der Waals surface area contributed by atoms with E-state index in [0.29, 0.717) is 58.6 Å². The van der Waals surface area contributed by atoms with Crippen molar-refractivity contribution in [2.24, 2.45) is 0 Å². The van der Waals surface area contributed by atoms with Gasteiger partial charge in [-0.15, -0.1) is 0 Å². The fourth-order valence-corrected chi connectivity index (χ4v) is 2.78. The molecule has 0 atom stereocenters. The summed E-state index contributed by atoms with van der Waals surface area (Å²) < 4.78 is 27.2. The summed E-state index contributed by atoms with van der Waals surface area (Å²) in [5.74, 6) is 0.689. The van der Waals surface area contributed by atoms with E-state index in [1.165, 1.54) is 0 Å². The molecule has 0 N–H and O–H groups in total. The minimum Gasteiger partial charge on any atom is -0.491 e. The maximum absolute atomic E-state index is 5.92. The molecule has 0 unspecified atom stereocenters. The Bertz CT molecular complexity index is 839. The molecule has 3 heterocycles. The monoisotopic (exact) mass is 439 g/mol. The van der Waals surface area contributed by atoms with E-state index in [-0.39, 0.29) is 0 Å². The molecule has 0 aliphatic carbocycles. The second-order valence-electron chi connectivity index (χ2n) is 6.68. The van der Waals surface area contributed by atoms with Crippen molar-refractivity contribution in [3.63, 3.8) is 0 Å². The molecule has 0 aromatic carbocycles. The van der Waals surface area contributed by atoms with Gasteiger partial charge in [-0.3, -0.25) is 9.97 Å². The van der Waals surface area contributed by atoms with Crippen LogP contribution < -0.4 is 4.74 Å². The van der Waals surface area contributed by atoms with E-state index in [2.05, 4.69) is 9.97 Å². The zero-order chi connectivity index (χ0) is 22.3. The Morgan fingerprint density at radius 1 is 0.594 bits per heavy atom. The molecule has 0 aliphatic rings. The number of methoxy groups -OCH3 is 1. The lowest BCUT2D eigenvalue weighted by atomic mass is 10.2. The fraction of sp³-hybridized carbons (Fsp3) is 0.375. The molecule has 3 aromatic heterocycles. The first-order valence-electron chi connectivity index (χ1n) is 10.6. The van der Waals surface area contributed by atoms with Crippen molar-refractivity contribution in [1.82, 2.24) is 15.0 Å². The van der Waals surface area contributed by atoms with E-state index in [1.54, 1.807) is 19.5 Å². The van der Waals surface area contributed by atoms with Crippen molar-refractivity contribution in [2.75, 3.05) is 60.0 Å². The van der Waals surface area contributed by atoms with Gasteiger partial charge in [0.15, 0.2) is 0 Å². The van der Waals surface area contributed by atoms with Gasteiger partial charge >= 0.3 is 0 Å². The van der Waals surface area contributed by atoms with E-state index >= 15 is 0 Å². The Morgan fingerprint density at radius 2 is 1.09 bits per heavy atom. The highest BCUT2D eigenvalue weighted by atomic mass is 16.6. The van der Waals surface area contributed by atoms with Crippen molar-refractivity contribution in [3.8, 4) is 28.5 Å². The lowest BCUT2D eigenvalue weighted by molar-refractivity contribution is 0.000165. The largest absolute Gasteiger partial charge is 0.491 e. The minimum absolute atomic E-state index is 0.410. The van der Waals surface area contributed by atoms with E-state index in [4.69, 9.17) is 28.7 Å². The fourth-order valence-electron chi connectivity index (χ4n) is 2.78. The van der Waals surface area contributed by atoms with E-state index < -0.39 is 0 Å². The molecule has 0 amide bonds. The molecule has 0 aliphatic heterocycles. The highest BCUT2D eigenvalue weighted by molar-refractivity contribution is 5.64. The predicted molar refractivity (Wildman–Crippen MR) is 121 cm³/mol. The third-order valence-corrected chi connectivity index (χ3v) is 4.33. The highest BCUT2D eigenvalue weighted by Crippen LogP contribution is 2.26. The van der Waals surface area contributed by atoms with Crippen LogP contribution in [0.4, 0.5) is 0 Å². The van der Waals surface area contributed by atoms with Crippen LogP contribution in [0.1, 0.15) is 0 Å². The highest BCUT2D eigenvalue weighted by Gasteiger charge is 2.09. The molecule has 32 heavy (non-hydrogen) atoms. The van der Waals surface area contributed by atoms with Crippen molar-refractivity contribution in [1.29, 1.82) is 0 Å². The molecule has 170 valence electrons. The number of nitrogens with zero attached hydrogens (tertiary/aromatic N) is 3. The second kappa shape index (κ2) is 14.2. The predicted octanol–water partition coefficient (Wildman–Crippen LogP) is 3.28. The van der Waals surface area contributed by atoms with E-state index in [9.17, 15) is 0 Å². The Labute approximate surface area is 188 Å². The summed E-state index contributed by atoms with van der Waals surface area (Å²) in [7, 11) is 1.65. The zero-order valence-corrected chi connectivity index (χ0v) is 18.3. The third kappa shape index (κ3) is 8.32. The maximum atomic E-state index is 5.92. The summed E-state index contributed by atoms with van der Waals surface area (Å²) in [6.45, 7) is 4.12. The van der Waals surface area contributed by atoms with Crippen LogP contribution in [0.2, 0.25) is 0 Å². The Kier molecular flexibility index (Phi) is 10.5. The van der Waals surface area contributed by atoms with Crippen LogP contribution >= 0.6 is 0 Å². The summed E-state index contributed by atoms with van der Waals surface area (Å²) >= 11 is 0. The van der Waals surface area contributed by atoms with Gasteiger partial charge in [-0.25, -0.2) is 4.98 Å². The van der Waals surface area contributed by atoms with Crippen LogP contribution in [0, 0.1) is 0 Å². The van der Waals surface area contributed by atoms with E-state index in [1.807, 2.05) is 48.5 Å². The number of ether oxygens (including phenoxy) is 5. The van der Waals surface area contributed by atoms with Gasteiger partial charge in [0.05, 0.1) is 69.0 Å². The van der Waals surface area contributed by atoms with Crippen molar-refractivity contribution in [3.05, 3.63) is 60.9 Å². The van der Waals surface area contributed by atoms with Crippen LogP contribution in [-0.2, 0) is 18.9 Å². The Hall–Kier alpha value is -2.91. The Morgan fingerprint density at radius 3 is 1.56 bits per heavy atom. The molecule has 8 heteroatoms. The maximum Gasteiger partial charge on any atom is 0.123 e. The molecular formula is C24H29N3O5. The first kappa shape index (κ1) is 23.7. The number of rotatable bonds is 15. The second-order valence-corrected chi connectivity index (χ2v) is 6.68. The molecule has 0 saturated heterocycles. The number of hydrogen-bond donors (Lipinski definition) is 0. The van der Waals surface area contributed by atoms with Gasteiger partial charge in [-0.1, -0.05) is 12.1 Å². The summed E-state index contributed by atoms with van der Waals surface area (Å²) in [4.78, 5) is 13.5. The molecule has 3 aromatic rings. The molecule has 0 fully saturated rings. The van der Waals surface area contributed by atoms with Gasteiger partial charge in [-0.2, -0.15) is 0 Å². The van der Waals surface area contributed by atoms with Crippen molar-refractivity contribution >= 4 is 0 Å². The van der Waals surface area contributed by atoms with Gasteiger partial charge in [0.1, 0.15) is 12.4 Å². The normalized spacial score (nSPS) is 10.9. The molecule has 0 spiro atoms. The lowest BCUT2D eigenvalue weighted by Gasteiger charge is -2.11. The third-order valence-electron chi connectivity index (χ3n) is 4.33. The van der Waals surface area contributed by atoms with Crippen LogP contribution in [0.5, 0.6) is 5.75 Å². The summed E-state index contributed by atoms with van der Waals surface area (Å²) in [5.41, 5.74) is 3.00. The van der Waals surface area contributed by atoms with Gasteiger partial charge in [-0.05, 0) is 24.3 Å². The van der Waals surface area contributed by atoms with Crippen molar-refractivity contribution in [2.45, 2.75) is 0 Å². The topological polar surface area (TPSA) is 84.8 Å². The van der Waals surface area contributed by atoms with Gasteiger partial charge in [0.25, 0.3) is 0 Å². The SMILES string of the molecule is COCCOCCOCCOCCOc1cc(-c2ccccn2)nc(-c2ccccn2)c1. The average molecular weight is 440 g/mol. The number of aromatic nitrogens is 3. The summed E-state index contributed by atoms with van der Waals surface area (Å²) in [5, 5.41) is 0. The summed E-state index contributed by atoms with van der Waals surface area (Å²) in [6, 6.07) is 15.2. The number of hydrogen-bond acceptors (Lipinski definition) is 8. The Balaban J connectivity index is 1.45. The first-order valence-corrected chi connectivity index (χ1v) is 10.6. The van der Waals surface area contributed by atoms with Gasteiger partial charge in [0, 0.05) is 31.6 Å². The molecule has 0 saturated carbocycles. The number of pyridine rings is 3. The van der Waals surface area contributed by atoms with Crippen LogP contribution in [0.3, 0.4) is 0 Å². The standard InChI is InChI=1S/C24H29N3O5/c1-28-10-11-29-12-13-30-14-15-31-16-17-32-20-18-23(21-6-2-4-8-25-21)27-24(19-20)22-7-3-5-9-26-22/h2-9,18-19H,10-17H2,1H3. The first-order chi connectivity index (χ1) is 15.9. The molecule has 0 bridgehead atoms. The molecular weight excluding hydrogens is 410 g/mol. The molecule has 3 rings (SSSR count). The zero-order valence-electron chi connectivity index (χ0n) is 18.3. The average Bonchev–Trinajstić information content (AvgIpc) is 2.85. The quantitative estimate of drug-likeness (QED) is 0.334. The molecule has 0 radical (unpaired) electrons. The smallest absolute Gasteiger partial charge is 0.123 e. The van der Waals surface area contributed by atoms with Crippen LogP contribution in [0.15, 0.2) is 60.9 Å². The van der Waals surface area contributed by atoms with Crippen LogP contribution in [-0.4, -0.2) is 74.9 Å². The van der Waals surface area contributed by atoms with Gasteiger partial charge in [0.2, 0.25) is 0 Å². The van der Waals surface area contributed by atoms with E-state index in [0.717, 1.165) is 22.8 Å². The van der Waals surface area contributed by atoms with Gasteiger partial charge < -0.3 is 23.7 Å². The summed E-state index contributed by atoms with van der Waals surface area (Å²) in [6.07, 6.45) is 3.49.